The number of thiocarbonyl (C=S) groups is 1. The molecule has 0 unspecified atom stereocenters. The van der Waals surface area contributed by atoms with Crippen LogP contribution in [0, 0.1) is 0 Å². The molecule has 0 aromatic carbocycles. The van der Waals surface area contributed by atoms with E-state index in [0.29, 0.717) is 6.42 Å². The molecule has 0 atom stereocenters. The lowest BCUT2D eigenvalue weighted by Gasteiger charge is -2.04. The van der Waals surface area contributed by atoms with E-state index in [0.717, 1.165) is 23.5 Å². The molecule has 0 saturated carbocycles. The molecule has 0 aromatic rings. The Kier molecular flexibility index (Phi) is 13.7. The van der Waals surface area contributed by atoms with E-state index in [1.165, 1.54) is 51.4 Å². The number of thiol groups is 1. The van der Waals surface area contributed by atoms with Crippen LogP contribution in [0.15, 0.2) is 0 Å². The van der Waals surface area contributed by atoms with Gasteiger partial charge in [-0.2, -0.15) is 0 Å². The van der Waals surface area contributed by atoms with Gasteiger partial charge in [-0.25, -0.2) is 0 Å². The van der Waals surface area contributed by atoms with E-state index in [2.05, 4.69) is 12.6 Å². The molecule has 0 aromatic heterocycles. The van der Waals surface area contributed by atoms with Gasteiger partial charge in [0.25, 0.3) is 0 Å². The summed E-state index contributed by atoms with van der Waals surface area (Å²) in [5, 5.41) is 0. The second kappa shape index (κ2) is 13.3. The molecule has 0 aliphatic rings. The molecule has 0 amide bonds. The highest BCUT2D eigenvalue weighted by Crippen LogP contribution is 2.35. The largest absolute Gasteiger partial charge is 0.325 e. The van der Waals surface area contributed by atoms with Gasteiger partial charge in [0.2, 0.25) is 0 Å². The third-order valence-corrected chi connectivity index (χ3v) is 4.67. The van der Waals surface area contributed by atoms with Crippen molar-refractivity contribution in [3.05, 3.63) is 0 Å². The Bertz CT molecular complexity index is 292. The minimum Gasteiger partial charge on any atom is -0.324 e. The minimum atomic E-state index is -3.76. The first-order valence-electron chi connectivity index (χ1n) is 7.68. The smallest absolute Gasteiger partial charge is 0.324 e. The number of unbranched alkanes of at least 4 members (excludes halogenated alkanes) is 10. The molecule has 0 spiro atoms. The predicted octanol–water partition coefficient (Wildman–Crippen LogP) is 5.10. The highest BCUT2D eigenvalue weighted by atomic mass is 32.1. The highest BCUT2D eigenvalue weighted by molar-refractivity contribution is 8.11. The Morgan fingerprint density at radius 1 is 0.800 bits per heavy atom. The van der Waals surface area contributed by atoms with Crippen molar-refractivity contribution in [1.82, 2.24) is 0 Å². The van der Waals surface area contributed by atoms with Gasteiger partial charge in [-0.1, -0.05) is 70.0 Å². The molecule has 120 valence electrons. The first-order valence-corrected chi connectivity index (χ1v) is 10.3. The summed E-state index contributed by atoms with van der Waals surface area (Å²) in [5.41, 5.74) is 0. The van der Waals surface area contributed by atoms with Crippen molar-refractivity contribution in [3.8, 4) is 0 Å². The molecule has 0 bridgehead atoms. The van der Waals surface area contributed by atoms with Gasteiger partial charge < -0.3 is 9.79 Å². The summed E-state index contributed by atoms with van der Waals surface area (Å²) in [7, 11) is -3.76. The molecule has 0 radical (unpaired) electrons. The summed E-state index contributed by atoms with van der Waals surface area (Å²) in [5.74, 6) is 0. The van der Waals surface area contributed by atoms with Crippen molar-refractivity contribution >= 4 is 36.6 Å². The maximum absolute atomic E-state index is 10.6. The Morgan fingerprint density at radius 2 is 1.15 bits per heavy atom. The van der Waals surface area contributed by atoms with E-state index in [1.807, 2.05) is 0 Å². The summed E-state index contributed by atoms with van der Waals surface area (Å²) in [6.45, 7) is 0. The first kappa shape index (κ1) is 20.6. The van der Waals surface area contributed by atoms with Gasteiger partial charge in [0, 0.05) is 10.4 Å². The lowest BCUT2D eigenvalue weighted by molar-refractivity contribution is 0.370. The SMILES string of the molecule is O=P(O)(O)CCCCCCCCCCCCCC(=S)S. The molecule has 0 fully saturated rings. The van der Waals surface area contributed by atoms with Crippen LogP contribution in [0.4, 0.5) is 0 Å². The molecule has 3 nitrogen and oxygen atoms in total. The molecule has 0 rings (SSSR count). The second-order valence-corrected chi connectivity index (χ2v) is 8.53. The van der Waals surface area contributed by atoms with Crippen LogP contribution in [0.3, 0.4) is 0 Å². The summed E-state index contributed by atoms with van der Waals surface area (Å²) in [4.78, 5) is 17.4. The van der Waals surface area contributed by atoms with Crippen molar-refractivity contribution in [2.24, 2.45) is 0 Å². The summed E-state index contributed by atoms with van der Waals surface area (Å²) in [6.07, 6.45) is 13.7. The zero-order valence-electron chi connectivity index (χ0n) is 12.3. The Balaban J connectivity index is 3.06. The third-order valence-electron chi connectivity index (χ3n) is 3.34. The molecule has 20 heavy (non-hydrogen) atoms. The predicted molar refractivity (Wildman–Crippen MR) is 93.9 cm³/mol. The summed E-state index contributed by atoms with van der Waals surface area (Å²) in [6, 6.07) is 0. The third kappa shape index (κ3) is 18.6. The highest BCUT2D eigenvalue weighted by Gasteiger charge is 2.10. The Morgan fingerprint density at radius 3 is 1.50 bits per heavy atom. The molecule has 0 aliphatic carbocycles. The van der Waals surface area contributed by atoms with Crippen molar-refractivity contribution in [3.63, 3.8) is 0 Å². The van der Waals surface area contributed by atoms with Gasteiger partial charge in [0.05, 0.1) is 0 Å². The van der Waals surface area contributed by atoms with E-state index in [-0.39, 0.29) is 6.16 Å². The average Bonchev–Trinajstić information content (AvgIpc) is 2.33. The molecular weight excluding hydrogens is 311 g/mol. The number of rotatable bonds is 14. The topological polar surface area (TPSA) is 57.5 Å². The van der Waals surface area contributed by atoms with Crippen LogP contribution in [0.25, 0.3) is 0 Å². The molecule has 0 heterocycles. The van der Waals surface area contributed by atoms with E-state index in [4.69, 9.17) is 22.0 Å². The van der Waals surface area contributed by atoms with Gasteiger partial charge in [-0.15, -0.1) is 12.6 Å². The van der Waals surface area contributed by atoms with Crippen LogP contribution in [0.5, 0.6) is 0 Å². The molecule has 0 aliphatic heterocycles. The second-order valence-electron chi connectivity index (χ2n) is 5.42. The molecule has 2 N–H and O–H groups in total. The van der Waals surface area contributed by atoms with E-state index in [9.17, 15) is 4.57 Å². The van der Waals surface area contributed by atoms with Gasteiger partial charge in [-0.3, -0.25) is 4.57 Å². The van der Waals surface area contributed by atoms with Crippen LogP contribution in [0.1, 0.15) is 77.0 Å². The standard InChI is InChI=1S/C14H29O3PS2/c15-18(16,17)13-11-9-7-5-3-1-2-4-6-8-10-12-14(19)20/h1-13H2,(H,19,20)(H2,15,16,17). The average molecular weight is 340 g/mol. The maximum Gasteiger partial charge on any atom is 0.325 e. The zero-order chi connectivity index (χ0) is 15.3. The Hall–Kier alpha value is 0.590. The summed E-state index contributed by atoms with van der Waals surface area (Å²) >= 11 is 9.02. The van der Waals surface area contributed by atoms with Crippen LogP contribution in [0.2, 0.25) is 0 Å². The van der Waals surface area contributed by atoms with Crippen molar-refractivity contribution in [1.29, 1.82) is 0 Å². The lowest BCUT2D eigenvalue weighted by atomic mass is 10.1. The molecule has 0 saturated heterocycles. The quantitative estimate of drug-likeness (QED) is 0.178. The van der Waals surface area contributed by atoms with Crippen LogP contribution in [-0.2, 0) is 4.57 Å². The van der Waals surface area contributed by atoms with Crippen LogP contribution in [-0.4, -0.2) is 20.1 Å². The fourth-order valence-corrected chi connectivity index (χ4v) is 3.12. The van der Waals surface area contributed by atoms with E-state index < -0.39 is 7.60 Å². The molecule has 6 heteroatoms. The van der Waals surface area contributed by atoms with Gasteiger partial charge in [-0.05, 0) is 19.3 Å². The monoisotopic (exact) mass is 340 g/mol. The molecular formula is C14H29O3PS2. The van der Waals surface area contributed by atoms with Crippen molar-refractivity contribution in [2.75, 3.05) is 6.16 Å². The summed E-state index contributed by atoms with van der Waals surface area (Å²) < 4.78 is 11.5. The van der Waals surface area contributed by atoms with Gasteiger partial charge >= 0.3 is 7.60 Å². The number of hydrogen-bond acceptors (Lipinski definition) is 2. The minimum absolute atomic E-state index is 0.0444. The van der Waals surface area contributed by atoms with Crippen molar-refractivity contribution in [2.45, 2.75) is 77.0 Å². The Labute approximate surface area is 134 Å². The van der Waals surface area contributed by atoms with Crippen LogP contribution < -0.4 is 0 Å². The van der Waals surface area contributed by atoms with E-state index in [1.54, 1.807) is 0 Å². The zero-order valence-corrected chi connectivity index (χ0v) is 14.9. The number of hydrogen-bond donors (Lipinski definition) is 3. The van der Waals surface area contributed by atoms with Crippen molar-refractivity contribution < 1.29 is 14.4 Å². The van der Waals surface area contributed by atoms with Crippen LogP contribution >= 0.6 is 32.4 Å². The van der Waals surface area contributed by atoms with E-state index >= 15 is 0 Å². The lowest BCUT2D eigenvalue weighted by Crippen LogP contribution is -1.88. The maximum atomic E-state index is 10.6. The fourth-order valence-electron chi connectivity index (χ4n) is 2.18. The fraction of sp³-hybridized carbons (Fsp3) is 0.929. The first-order chi connectivity index (χ1) is 9.42. The van der Waals surface area contributed by atoms with Gasteiger partial charge in [0.15, 0.2) is 0 Å². The van der Waals surface area contributed by atoms with Gasteiger partial charge in [0.1, 0.15) is 0 Å². The normalized spacial score (nSPS) is 11.8.